The van der Waals surface area contributed by atoms with E-state index in [0.29, 0.717) is 23.1 Å². The minimum atomic E-state index is -0.0523. The molecule has 19 heavy (non-hydrogen) atoms. The molecule has 0 spiro atoms. The number of benzene rings is 1. The minimum Gasteiger partial charge on any atom is -0.496 e. The first-order valence-corrected chi connectivity index (χ1v) is 6.69. The molecule has 1 saturated carbocycles. The standard InChI is InChI=1S/C15H21NO3/c1-10-13(18-2)8-11(9-14(10)19-3)15(17)16-12-6-4-5-7-12/h8-9,12H,4-7H2,1-3H3,(H,16,17). The van der Waals surface area contributed by atoms with Crippen LogP contribution in [-0.4, -0.2) is 26.2 Å². The fourth-order valence-electron chi connectivity index (χ4n) is 2.56. The Morgan fingerprint density at radius 3 is 2.16 bits per heavy atom. The number of hydrogen-bond acceptors (Lipinski definition) is 3. The van der Waals surface area contributed by atoms with Crippen molar-refractivity contribution in [1.82, 2.24) is 5.32 Å². The number of ether oxygens (including phenoxy) is 2. The molecule has 104 valence electrons. The molecule has 0 unspecified atom stereocenters. The smallest absolute Gasteiger partial charge is 0.251 e. The molecular weight excluding hydrogens is 242 g/mol. The van der Waals surface area contributed by atoms with Crippen molar-refractivity contribution in [3.05, 3.63) is 23.3 Å². The lowest BCUT2D eigenvalue weighted by Gasteiger charge is -2.15. The van der Waals surface area contributed by atoms with Crippen molar-refractivity contribution < 1.29 is 14.3 Å². The van der Waals surface area contributed by atoms with Crippen LogP contribution in [0.5, 0.6) is 11.5 Å². The maximum atomic E-state index is 12.2. The largest absolute Gasteiger partial charge is 0.496 e. The highest BCUT2D eigenvalue weighted by atomic mass is 16.5. The molecule has 0 saturated heterocycles. The molecule has 1 amide bonds. The number of methoxy groups -OCH3 is 2. The van der Waals surface area contributed by atoms with Crippen LogP contribution in [0.1, 0.15) is 41.6 Å². The van der Waals surface area contributed by atoms with Crippen molar-refractivity contribution in [3.8, 4) is 11.5 Å². The van der Waals surface area contributed by atoms with Crippen LogP contribution in [-0.2, 0) is 0 Å². The first kappa shape index (κ1) is 13.7. The predicted octanol–water partition coefficient (Wildman–Crippen LogP) is 2.68. The molecule has 1 fully saturated rings. The molecule has 1 aliphatic carbocycles. The Kier molecular flexibility index (Phi) is 4.30. The van der Waals surface area contributed by atoms with Crippen LogP contribution in [0.25, 0.3) is 0 Å². The van der Waals surface area contributed by atoms with E-state index in [9.17, 15) is 4.79 Å². The van der Waals surface area contributed by atoms with Gasteiger partial charge in [-0.3, -0.25) is 4.79 Å². The summed E-state index contributed by atoms with van der Waals surface area (Å²) >= 11 is 0. The number of rotatable bonds is 4. The molecular formula is C15H21NO3. The monoisotopic (exact) mass is 263 g/mol. The van der Waals surface area contributed by atoms with Gasteiger partial charge in [0.2, 0.25) is 0 Å². The van der Waals surface area contributed by atoms with Crippen molar-refractivity contribution in [2.45, 2.75) is 38.6 Å². The van der Waals surface area contributed by atoms with Crippen molar-refractivity contribution in [2.24, 2.45) is 0 Å². The SMILES string of the molecule is COc1cc(C(=O)NC2CCCC2)cc(OC)c1C. The summed E-state index contributed by atoms with van der Waals surface area (Å²) in [7, 11) is 3.20. The topological polar surface area (TPSA) is 47.6 Å². The summed E-state index contributed by atoms with van der Waals surface area (Å²) in [6.45, 7) is 1.91. The first-order chi connectivity index (χ1) is 9.15. The predicted molar refractivity (Wildman–Crippen MR) is 74.0 cm³/mol. The van der Waals surface area contributed by atoms with Crippen molar-refractivity contribution in [1.29, 1.82) is 0 Å². The summed E-state index contributed by atoms with van der Waals surface area (Å²) < 4.78 is 10.6. The molecule has 0 heterocycles. The summed E-state index contributed by atoms with van der Waals surface area (Å²) in [6.07, 6.45) is 4.55. The average Bonchev–Trinajstić information content (AvgIpc) is 2.91. The van der Waals surface area contributed by atoms with Gasteiger partial charge in [0.15, 0.2) is 0 Å². The van der Waals surface area contributed by atoms with Gasteiger partial charge in [-0.15, -0.1) is 0 Å². The molecule has 0 atom stereocenters. The van der Waals surface area contributed by atoms with Crippen LogP contribution < -0.4 is 14.8 Å². The normalized spacial score (nSPS) is 15.3. The molecule has 1 N–H and O–H groups in total. The third-order valence-corrected chi connectivity index (χ3v) is 3.70. The summed E-state index contributed by atoms with van der Waals surface area (Å²) in [5.74, 6) is 1.30. The van der Waals surface area contributed by atoms with E-state index in [4.69, 9.17) is 9.47 Å². The van der Waals surface area contributed by atoms with Gasteiger partial charge in [0.1, 0.15) is 11.5 Å². The second-order valence-corrected chi connectivity index (χ2v) is 4.96. The molecule has 4 nitrogen and oxygen atoms in total. The van der Waals surface area contributed by atoms with Gasteiger partial charge >= 0.3 is 0 Å². The maximum absolute atomic E-state index is 12.2. The van der Waals surface area contributed by atoms with Gasteiger partial charge in [-0.1, -0.05) is 12.8 Å². The van der Waals surface area contributed by atoms with Crippen molar-refractivity contribution in [2.75, 3.05) is 14.2 Å². The zero-order valence-corrected chi connectivity index (χ0v) is 11.8. The lowest BCUT2D eigenvalue weighted by Crippen LogP contribution is -2.32. The molecule has 1 aliphatic rings. The van der Waals surface area contributed by atoms with Crippen LogP contribution in [0.2, 0.25) is 0 Å². The van der Waals surface area contributed by atoms with Crippen LogP contribution in [0.3, 0.4) is 0 Å². The quantitative estimate of drug-likeness (QED) is 0.908. The van der Waals surface area contributed by atoms with Crippen LogP contribution in [0.15, 0.2) is 12.1 Å². The Hall–Kier alpha value is -1.71. The third-order valence-electron chi connectivity index (χ3n) is 3.70. The highest BCUT2D eigenvalue weighted by molar-refractivity contribution is 5.95. The van der Waals surface area contributed by atoms with E-state index in [-0.39, 0.29) is 5.91 Å². The van der Waals surface area contributed by atoms with E-state index in [1.165, 1.54) is 12.8 Å². The highest BCUT2D eigenvalue weighted by Crippen LogP contribution is 2.29. The van der Waals surface area contributed by atoms with E-state index in [2.05, 4.69) is 5.32 Å². The van der Waals surface area contributed by atoms with Crippen molar-refractivity contribution in [3.63, 3.8) is 0 Å². The Bertz CT molecular complexity index is 439. The zero-order chi connectivity index (χ0) is 13.8. The number of carbonyl (C=O) groups is 1. The molecule has 0 radical (unpaired) electrons. The third kappa shape index (κ3) is 3.00. The van der Waals surface area contributed by atoms with Gasteiger partial charge in [0.05, 0.1) is 14.2 Å². The Morgan fingerprint density at radius 2 is 1.68 bits per heavy atom. The van der Waals surface area contributed by atoms with Gasteiger partial charge in [-0.05, 0) is 31.9 Å². The summed E-state index contributed by atoms with van der Waals surface area (Å²) in [6, 6.07) is 3.84. The molecule has 0 bridgehead atoms. The molecule has 2 rings (SSSR count). The lowest BCUT2D eigenvalue weighted by molar-refractivity contribution is 0.0937. The summed E-state index contributed by atoms with van der Waals surface area (Å²) in [4.78, 5) is 12.2. The minimum absolute atomic E-state index is 0.0523. The molecule has 1 aromatic carbocycles. The van der Waals surface area contributed by atoms with Crippen LogP contribution in [0.4, 0.5) is 0 Å². The fourth-order valence-corrected chi connectivity index (χ4v) is 2.56. The van der Waals surface area contributed by atoms with Crippen LogP contribution in [0, 0.1) is 6.92 Å². The Morgan fingerprint density at radius 1 is 1.16 bits per heavy atom. The van der Waals surface area contributed by atoms with Crippen LogP contribution >= 0.6 is 0 Å². The van der Waals surface area contributed by atoms with Gasteiger partial charge in [-0.25, -0.2) is 0 Å². The van der Waals surface area contributed by atoms with Crippen molar-refractivity contribution >= 4 is 5.91 Å². The number of nitrogens with one attached hydrogen (secondary N) is 1. The Balaban J connectivity index is 2.20. The summed E-state index contributed by atoms with van der Waals surface area (Å²) in [5, 5.41) is 3.07. The van der Waals surface area contributed by atoms with Gasteiger partial charge < -0.3 is 14.8 Å². The van der Waals surface area contributed by atoms with Gasteiger partial charge in [-0.2, -0.15) is 0 Å². The lowest BCUT2D eigenvalue weighted by atomic mass is 10.1. The molecule has 4 heteroatoms. The first-order valence-electron chi connectivity index (χ1n) is 6.69. The zero-order valence-electron chi connectivity index (χ0n) is 11.8. The van der Waals surface area contributed by atoms with E-state index >= 15 is 0 Å². The number of carbonyl (C=O) groups excluding carboxylic acids is 1. The van der Waals surface area contributed by atoms with E-state index in [1.807, 2.05) is 6.92 Å². The molecule has 1 aromatic rings. The fraction of sp³-hybridized carbons (Fsp3) is 0.533. The van der Waals surface area contributed by atoms with E-state index in [1.54, 1.807) is 26.4 Å². The number of hydrogen-bond donors (Lipinski definition) is 1. The molecule has 0 aliphatic heterocycles. The van der Waals surface area contributed by atoms with Gasteiger partial charge in [0, 0.05) is 17.2 Å². The summed E-state index contributed by atoms with van der Waals surface area (Å²) in [5.41, 5.74) is 1.49. The van der Waals surface area contributed by atoms with Gasteiger partial charge in [0.25, 0.3) is 5.91 Å². The van der Waals surface area contributed by atoms with E-state index < -0.39 is 0 Å². The maximum Gasteiger partial charge on any atom is 0.251 e. The second kappa shape index (κ2) is 5.95. The van der Waals surface area contributed by atoms with E-state index in [0.717, 1.165) is 18.4 Å². The second-order valence-electron chi connectivity index (χ2n) is 4.96. The molecule has 0 aromatic heterocycles. The Labute approximate surface area is 114 Å². The number of amides is 1. The average molecular weight is 263 g/mol. The highest BCUT2D eigenvalue weighted by Gasteiger charge is 2.19.